The Morgan fingerprint density at radius 3 is 2.20 bits per heavy atom. The molecule has 1 amide bonds. The van der Waals surface area contributed by atoms with Crippen molar-refractivity contribution in [2.45, 2.75) is 27.7 Å². The minimum atomic E-state index is -0.01000. The van der Waals surface area contributed by atoms with E-state index in [1.165, 1.54) is 0 Å². The molecule has 0 fully saturated rings. The Bertz CT molecular complexity index is 419. The second kappa shape index (κ2) is 7.90. The van der Waals surface area contributed by atoms with Gasteiger partial charge in [-0.25, -0.2) is 0 Å². The monoisotopic (exact) mass is 277 g/mol. The summed E-state index contributed by atoms with van der Waals surface area (Å²) >= 11 is 0. The molecule has 4 heteroatoms. The average molecular weight is 277 g/mol. The smallest absolute Gasteiger partial charge is 0.238 e. The van der Waals surface area contributed by atoms with Crippen molar-refractivity contribution in [2.24, 2.45) is 11.8 Å². The van der Waals surface area contributed by atoms with Crippen LogP contribution in [0, 0.1) is 11.8 Å². The van der Waals surface area contributed by atoms with Crippen LogP contribution in [0.25, 0.3) is 0 Å². The molecular formula is C16H27N3O. The predicted octanol–water partition coefficient (Wildman–Crippen LogP) is 2.82. The van der Waals surface area contributed by atoms with Crippen molar-refractivity contribution in [1.29, 1.82) is 0 Å². The van der Waals surface area contributed by atoms with Gasteiger partial charge >= 0.3 is 0 Å². The number of carbonyl (C=O) groups is 1. The summed E-state index contributed by atoms with van der Waals surface area (Å²) < 4.78 is 0. The lowest BCUT2D eigenvalue weighted by Gasteiger charge is -2.25. The summed E-state index contributed by atoms with van der Waals surface area (Å²) in [5, 5.41) is 2.88. The van der Waals surface area contributed by atoms with Crippen LogP contribution in [0.3, 0.4) is 0 Å². The minimum Gasteiger partial charge on any atom is -0.397 e. The molecular weight excluding hydrogens is 250 g/mol. The number of anilines is 2. The molecule has 20 heavy (non-hydrogen) atoms. The van der Waals surface area contributed by atoms with Gasteiger partial charge in [-0.15, -0.1) is 0 Å². The number of nitrogen functional groups attached to an aromatic ring is 1. The van der Waals surface area contributed by atoms with Crippen molar-refractivity contribution >= 4 is 17.3 Å². The number of hydrogen-bond acceptors (Lipinski definition) is 3. The second-order valence-corrected chi connectivity index (χ2v) is 6.12. The van der Waals surface area contributed by atoms with Crippen LogP contribution in [-0.2, 0) is 4.79 Å². The quantitative estimate of drug-likeness (QED) is 0.753. The van der Waals surface area contributed by atoms with Crippen LogP contribution < -0.4 is 11.1 Å². The van der Waals surface area contributed by atoms with Crippen LogP contribution in [0.1, 0.15) is 27.7 Å². The van der Waals surface area contributed by atoms with Gasteiger partial charge in [0.1, 0.15) is 0 Å². The lowest BCUT2D eigenvalue weighted by Crippen LogP contribution is -2.38. The Kier molecular flexibility index (Phi) is 6.52. The fraction of sp³-hybridized carbons (Fsp3) is 0.562. The molecule has 4 nitrogen and oxygen atoms in total. The topological polar surface area (TPSA) is 58.4 Å². The minimum absolute atomic E-state index is 0.01000. The second-order valence-electron chi connectivity index (χ2n) is 6.12. The summed E-state index contributed by atoms with van der Waals surface area (Å²) in [6.07, 6.45) is 0. The summed E-state index contributed by atoms with van der Waals surface area (Å²) in [6, 6.07) is 7.33. The van der Waals surface area contributed by atoms with Gasteiger partial charge in [-0.2, -0.15) is 0 Å². The van der Waals surface area contributed by atoms with Crippen molar-refractivity contribution in [3.05, 3.63) is 24.3 Å². The van der Waals surface area contributed by atoms with Crippen LogP contribution in [0.15, 0.2) is 24.3 Å². The van der Waals surface area contributed by atoms with E-state index in [1.807, 2.05) is 18.2 Å². The Balaban J connectivity index is 2.59. The van der Waals surface area contributed by atoms with Crippen LogP contribution in [0.4, 0.5) is 11.4 Å². The van der Waals surface area contributed by atoms with E-state index in [1.54, 1.807) is 6.07 Å². The Labute approximate surface area is 122 Å². The van der Waals surface area contributed by atoms with Crippen LogP contribution in [0.2, 0.25) is 0 Å². The zero-order chi connectivity index (χ0) is 15.1. The van der Waals surface area contributed by atoms with Gasteiger partial charge in [0.15, 0.2) is 0 Å². The van der Waals surface area contributed by atoms with E-state index >= 15 is 0 Å². The van der Waals surface area contributed by atoms with Gasteiger partial charge in [-0.05, 0) is 24.0 Å². The van der Waals surface area contributed by atoms with Gasteiger partial charge in [-0.1, -0.05) is 39.8 Å². The van der Waals surface area contributed by atoms with Crippen LogP contribution in [0.5, 0.6) is 0 Å². The zero-order valence-electron chi connectivity index (χ0n) is 13.0. The molecule has 0 aliphatic heterocycles. The highest BCUT2D eigenvalue weighted by atomic mass is 16.2. The fourth-order valence-electron chi connectivity index (χ4n) is 2.24. The lowest BCUT2D eigenvalue weighted by molar-refractivity contribution is -0.117. The molecule has 0 saturated carbocycles. The maximum atomic E-state index is 12.1. The van der Waals surface area contributed by atoms with E-state index in [9.17, 15) is 4.79 Å². The first-order valence-corrected chi connectivity index (χ1v) is 7.25. The summed E-state index contributed by atoms with van der Waals surface area (Å²) in [4.78, 5) is 14.3. The summed E-state index contributed by atoms with van der Waals surface area (Å²) in [5.41, 5.74) is 7.12. The Hall–Kier alpha value is -1.55. The highest BCUT2D eigenvalue weighted by Crippen LogP contribution is 2.16. The number of rotatable bonds is 7. The van der Waals surface area contributed by atoms with Crippen LogP contribution in [-0.4, -0.2) is 30.4 Å². The number of nitrogens with two attached hydrogens (primary N) is 1. The molecule has 0 unspecified atom stereocenters. The lowest BCUT2D eigenvalue weighted by atomic mass is 10.1. The SMILES string of the molecule is CC(C)CN(CC(=O)Nc1ccccc1N)CC(C)C. The van der Waals surface area contributed by atoms with Gasteiger partial charge in [-0.3, -0.25) is 9.69 Å². The molecule has 0 heterocycles. The van der Waals surface area contributed by atoms with E-state index in [4.69, 9.17) is 5.73 Å². The number of carbonyl (C=O) groups excluding carboxylic acids is 1. The van der Waals surface area contributed by atoms with Gasteiger partial charge < -0.3 is 11.1 Å². The molecule has 0 aliphatic carbocycles. The molecule has 1 aromatic carbocycles. The van der Waals surface area contributed by atoms with Crippen molar-refractivity contribution < 1.29 is 4.79 Å². The van der Waals surface area contributed by atoms with Crippen molar-refractivity contribution in [3.8, 4) is 0 Å². The Morgan fingerprint density at radius 1 is 1.15 bits per heavy atom. The first kappa shape index (κ1) is 16.5. The first-order valence-electron chi connectivity index (χ1n) is 7.25. The van der Waals surface area contributed by atoms with Crippen LogP contribution >= 0.6 is 0 Å². The molecule has 0 aromatic heterocycles. The summed E-state index contributed by atoms with van der Waals surface area (Å²) in [6.45, 7) is 10.9. The number of para-hydroxylation sites is 2. The summed E-state index contributed by atoms with van der Waals surface area (Å²) in [5.74, 6) is 1.08. The normalized spacial score (nSPS) is 11.3. The fourth-order valence-corrected chi connectivity index (χ4v) is 2.24. The maximum absolute atomic E-state index is 12.1. The number of hydrogen-bond donors (Lipinski definition) is 2. The molecule has 3 N–H and O–H groups in total. The van der Waals surface area contributed by atoms with Gasteiger partial charge in [0.2, 0.25) is 5.91 Å². The molecule has 0 bridgehead atoms. The van der Waals surface area contributed by atoms with E-state index in [0.29, 0.717) is 29.8 Å². The molecule has 0 radical (unpaired) electrons. The van der Waals surface area contributed by atoms with Gasteiger partial charge in [0.25, 0.3) is 0 Å². The molecule has 0 atom stereocenters. The predicted molar refractivity (Wildman–Crippen MR) is 85.6 cm³/mol. The standard InChI is InChI=1S/C16H27N3O/c1-12(2)9-19(10-13(3)4)11-16(20)18-15-8-6-5-7-14(15)17/h5-8,12-13H,9-11,17H2,1-4H3,(H,18,20). The van der Waals surface area contributed by atoms with Gasteiger partial charge in [0, 0.05) is 13.1 Å². The molecule has 1 aromatic rings. The molecule has 0 aliphatic rings. The van der Waals surface area contributed by atoms with E-state index in [-0.39, 0.29) is 5.91 Å². The van der Waals surface area contributed by atoms with E-state index < -0.39 is 0 Å². The third-order valence-corrected chi connectivity index (χ3v) is 2.85. The number of nitrogens with zero attached hydrogens (tertiary/aromatic N) is 1. The van der Waals surface area contributed by atoms with Gasteiger partial charge in [0.05, 0.1) is 17.9 Å². The molecule has 1 rings (SSSR count). The van der Waals surface area contributed by atoms with Crippen molar-refractivity contribution in [1.82, 2.24) is 4.90 Å². The highest BCUT2D eigenvalue weighted by Gasteiger charge is 2.14. The number of nitrogens with one attached hydrogen (secondary N) is 1. The zero-order valence-corrected chi connectivity index (χ0v) is 13.0. The van der Waals surface area contributed by atoms with Crippen molar-refractivity contribution in [2.75, 3.05) is 30.7 Å². The van der Waals surface area contributed by atoms with E-state index in [0.717, 1.165) is 13.1 Å². The van der Waals surface area contributed by atoms with E-state index in [2.05, 4.69) is 37.9 Å². The third kappa shape index (κ3) is 6.06. The first-order chi connectivity index (χ1) is 9.38. The molecule has 0 saturated heterocycles. The van der Waals surface area contributed by atoms with Crippen molar-refractivity contribution in [3.63, 3.8) is 0 Å². The Morgan fingerprint density at radius 2 is 1.70 bits per heavy atom. The average Bonchev–Trinajstić information content (AvgIpc) is 2.30. The molecule has 112 valence electrons. The highest BCUT2D eigenvalue weighted by molar-refractivity contribution is 5.95. The third-order valence-electron chi connectivity index (χ3n) is 2.85. The number of amides is 1. The summed E-state index contributed by atoms with van der Waals surface area (Å²) in [7, 11) is 0. The number of benzene rings is 1. The maximum Gasteiger partial charge on any atom is 0.238 e. The molecule has 0 spiro atoms. The largest absolute Gasteiger partial charge is 0.397 e.